The van der Waals surface area contributed by atoms with Crippen LogP contribution in [-0.4, -0.2) is 13.0 Å². The molecular formula is C23H20FNO2S. The smallest absolute Gasteiger partial charge is 0.184 e. The molecule has 0 N–H and O–H groups in total. The van der Waals surface area contributed by atoms with Gasteiger partial charge in [0.25, 0.3) is 0 Å². The maximum absolute atomic E-state index is 13.2. The van der Waals surface area contributed by atoms with E-state index in [1.165, 1.54) is 12.1 Å². The van der Waals surface area contributed by atoms with Crippen LogP contribution in [0.5, 0.6) is 0 Å². The van der Waals surface area contributed by atoms with E-state index in [-0.39, 0.29) is 11.6 Å². The summed E-state index contributed by atoms with van der Waals surface area (Å²) in [6.07, 6.45) is 1.70. The van der Waals surface area contributed by atoms with E-state index in [9.17, 15) is 12.8 Å². The van der Waals surface area contributed by atoms with Crippen LogP contribution in [0.1, 0.15) is 16.7 Å². The fraction of sp³-hybridized carbons (Fsp3) is 0.130. The van der Waals surface area contributed by atoms with Crippen molar-refractivity contribution >= 4 is 20.7 Å². The predicted octanol–water partition coefficient (Wildman–Crippen LogP) is 5.11. The van der Waals surface area contributed by atoms with Crippen molar-refractivity contribution in [3.8, 4) is 0 Å². The Hall–Kier alpha value is -2.92. The first-order valence-corrected chi connectivity index (χ1v) is 10.7. The van der Waals surface area contributed by atoms with Crippen LogP contribution >= 0.6 is 0 Å². The molecule has 0 saturated carbocycles. The van der Waals surface area contributed by atoms with Crippen LogP contribution in [0.15, 0.2) is 83.9 Å². The van der Waals surface area contributed by atoms with Gasteiger partial charge in [0, 0.05) is 23.6 Å². The monoisotopic (exact) mass is 393 g/mol. The van der Waals surface area contributed by atoms with Crippen molar-refractivity contribution in [2.45, 2.75) is 24.1 Å². The second kappa shape index (κ2) is 7.24. The van der Waals surface area contributed by atoms with Gasteiger partial charge < -0.3 is 4.57 Å². The van der Waals surface area contributed by atoms with Crippen LogP contribution in [0.25, 0.3) is 10.9 Å². The number of aryl methyl sites for hydroxylation is 1. The molecular weight excluding hydrogens is 373 g/mol. The number of halogens is 1. The van der Waals surface area contributed by atoms with Crippen LogP contribution < -0.4 is 0 Å². The lowest BCUT2D eigenvalue weighted by molar-refractivity contribution is 0.595. The highest BCUT2D eigenvalue weighted by Gasteiger charge is 2.22. The quantitative estimate of drug-likeness (QED) is 0.473. The first kappa shape index (κ1) is 18.4. The van der Waals surface area contributed by atoms with Gasteiger partial charge >= 0.3 is 0 Å². The standard InChI is InChI=1S/C23H20FNO2S/c1-17-6-2-3-7-19(17)16-28(26,27)23-15-25(22-9-5-4-8-21(22)23)14-18-10-12-20(24)13-11-18/h2-13,15H,14,16H2,1H3. The molecule has 142 valence electrons. The molecule has 0 unspecified atom stereocenters. The number of para-hydroxylation sites is 1. The number of hydrogen-bond donors (Lipinski definition) is 0. The first-order valence-electron chi connectivity index (χ1n) is 9.03. The summed E-state index contributed by atoms with van der Waals surface area (Å²) in [5, 5.41) is 0.707. The van der Waals surface area contributed by atoms with Crippen molar-refractivity contribution in [3.05, 3.63) is 102 Å². The molecule has 0 fully saturated rings. The van der Waals surface area contributed by atoms with E-state index in [0.717, 1.165) is 22.2 Å². The predicted molar refractivity (Wildman–Crippen MR) is 110 cm³/mol. The number of aromatic nitrogens is 1. The average molecular weight is 393 g/mol. The Morgan fingerprint density at radius 3 is 2.32 bits per heavy atom. The number of sulfone groups is 1. The molecule has 0 atom stereocenters. The Kier molecular flexibility index (Phi) is 4.77. The summed E-state index contributed by atoms with van der Waals surface area (Å²) in [7, 11) is -3.52. The van der Waals surface area contributed by atoms with Crippen molar-refractivity contribution in [1.29, 1.82) is 0 Å². The molecule has 0 bridgehead atoms. The van der Waals surface area contributed by atoms with E-state index in [2.05, 4.69) is 0 Å². The van der Waals surface area contributed by atoms with E-state index in [1.807, 2.05) is 60.0 Å². The van der Waals surface area contributed by atoms with Gasteiger partial charge in [0.2, 0.25) is 0 Å². The topological polar surface area (TPSA) is 39.1 Å². The maximum atomic E-state index is 13.2. The molecule has 4 rings (SSSR count). The van der Waals surface area contributed by atoms with Crippen molar-refractivity contribution in [3.63, 3.8) is 0 Å². The number of fused-ring (bicyclic) bond motifs is 1. The van der Waals surface area contributed by atoms with Gasteiger partial charge in [0.1, 0.15) is 5.82 Å². The summed E-state index contributed by atoms with van der Waals surface area (Å²) in [5.41, 5.74) is 3.51. The fourth-order valence-electron chi connectivity index (χ4n) is 3.43. The molecule has 0 aliphatic carbocycles. The lowest BCUT2D eigenvalue weighted by atomic mass is 10.1. The molecule has 0 spiro atoms. The number of hydrogen-bond acceptors (Lipinski definition) is 2. The Bertz CT molecular complexity index is 1240. The van der Waals surface area contributed by atoms with Gasteiger partial charge in [-0.15, -0.1) is 0 Å². The van der Waals surface area contributed by atoms with E-state index in [0.29, 0.717) is 16.8 Å². The van der Waals surface area contributed by atoms with Gasteiger partial charge in [-0.1, -0.05) is 54.6 Å². The molecule has 0 radical (unpaired) electrons. The number of rotatable bonds is 5. The lowest BCUT2D eigenvalue weighted by Crippen LogP contribution is -2.06. The molecule has 4 aromatic rings. The third kappa shape index (κ3) is 3.58. The van der Waals surface area contributed by atoms with Gasteiger partial charge in [0.15, 0.2) is 9.84 Å². The van der Waals surface area contributed by atoms with E-state index in [4.69, 9.17) is 0 Å². The molecule has 5 heteroatoms. The number of benzene rings is 3. The molecule has 0 saturated heterocycles. The van der Waals surface area contributed by atoms with Gasteiger partial charge in [-0.25, -0.2) is 12.8 Å². The van der Waals surface area contributed by atoms with Crippen molar-refractivity contribution in [2.75, 3.05) is 0 Å². The third-order valence-corrected chi connectivity index (χ3v) is 6.65. The largest absolute Gasteiger partial charge is 0.342 e. The van der Waals surface area contributed by atoms with Crippen LogP contribution in [-0.2, 0) is 22.1 Å². The molecule has 0 aliphatic rings. The van der Waals surface area contributed by atoms with E-state index in [1.54, 1.807) is 18.3 Å². The second-order valence-corrected chi connectivity index (χ2v) is 8.91. The van der Waals surface area contributed by atoms with Crippen LogP contribution in [0.4, 0.5) is 4.39 Å². The highest BCUT2D eigenvalue weighted by Crippen LogP contribution is 2.29. The average Bonchev–Trinajstić information content (AvgIpc) is 3.05. The first-order chi connectivity index (χ1) is 13.4. The Morgan fingerprint density at radius 1 is 0.893 bits per heavy atom. The summed E-state index contributed by atoms with van der Waals surface area (Å²) < 4.78 is 41.5. The molecule has 0 aliphatic heterocycles. The zero-order chi connectivity index (χ0) is 19.7. The minimum atomic E-state index is -3.52. The fourth-order valence-corrected chi connectivity index (χ4v) is 5.12. The van der Waals surface area contributed by atoms with Crippen LogP contribution in [0, 0.1) is 12.7 Å². The third-order valence-electron chi connectivity index (χ3n) is 4.96. The van der Waals surface area contributed by atoms with E-state index < -0.39 is 9.84 Å². The molecule has 1 aromatic heterocycles. The molecule has 3 aromatic carbocycles. The molecule has 3 nitrogen and oxygen atoms in total. The van der Waals surface area contributed by atoms with Crippen molar-refractivity contribution in [2.24, 2.45) is 0 Å². The summed E-state index contributed by atoms with van der Waals surface area (Å²) >= 11 is 0. The Labute approximate surface area is 164 Å². The van der Waals surface area contributed by atoms with Crippen molar-refractivity contribution in [1.82, 2.24) is 4.57 Å². The maximum Gasteiger partial charge on any atom is 0.184 e. The van der Waals surface area contributed by atoms with Gasteiger partial charge in [-0.2, -0.15) is 0 Å². The van der Waals surface area contributed by atoms with Crippen molar-refractivity contribution < 1.29 is 12.8 Å². The molecule has 28 heavy (non-hydrogen) atoms. The lowest BCUT2D eigenvalue weighted by Gasteiger charge is -2.06. The van der Waals surface area contributed by atoms with Gasteiger partial charge in [-0.05, 0) is 41.8 Å². The highest BCUT2D eigenvalue weighted by atomic mass is 32.2. The minimum Gasteiger partial charge on any atom is -0.342 e. The van der Waals surface area contributed by atoms with Crippen LogP contribution in [0.3, 0.4) is 0 Å². The zero-order valence-corrected chi connectivity index (χ0v) is 16.3. The van der Waals surface area contributed by atoms with E-state index >= 15 is 0 Å². The highest BCUT2D eigenvalue weighted by molar-refractivity contribution is 7.90. The molecule has 0 amide bonds. The van der Waals surface area contributed by atoms with Gasteiger partial charge in [0.05, 0.1) is 10.6 Å². The Morgan fingerprint density at radius 2 is 1.57 bits per heavy atom. The SMILES string of the molecule is Cc1ccccc1CS(=O)(=O)c1cn(Cc2ccc(F)cc2)c2ccccc12. The minimum absolute atomic E-state index is 0.0375. The summed E-state index contributed by atoms with van der Waals surface area (Å²) in [6.45, 7) is 2.39. The van der Waals surface area contributed by atoms with Crippen LogP contribution in [0.2, 0.25) is 0 Å². The zero-order valence-electron chi connectivity index (χ0n) is 15.5. The normalized spacial score (nSPS) is 11.8. The summed E-state index contributed by atoms with van der Waals surface area (Å²) in [6, 6.07) is 21.3. The number of nitrogens with zero attached hydrogens (tertiary/aromatic N) is 1. The van der Waals surface area contributed by atoms with Gasteiger partial charge in [-0.3, -0.25) is 0 Å². The Balaban J connectivity index is 1.77. The second-order valence-electron chi connectivity index (χ2n) is 6.95. The summed E-state index contributed by atoms with van der Waals surface area (Å²) in [5.74, 6) is -0.327. The summed E-state index contributed by atoms with van der Waals surface area (Å²) in [4.78, 5) is 0.327. The molecule has 1 heterocycles.